The summed E-state index contributed by atoms with van der Waals surface area (Å²) in [6.07, 6.45) is -19.6. The predicted octanol–water partition coefficient (Wildman–Crippen LogP) is 14.9. The summed E-state index contributed by atoms with van der Waals surface area (Å²) in [6.45, 7) is 0. The molecule has 0 unspecified atom stereocenters. The van der Waals surface area contributed by atoms with Crippen molar-refractivity contribution in [3.8, 4) is 57.7 Å². The zero-order valence-electron chi connectivity index (χ0n) is 34.9. The van der Waals surface area contributed by atoms with Crippen molar-refractivity contribution in [3.05, 3.63) is 173 Å². The van der Waals surface area contributed by atoms with E-state index in [2.05, 4.69) is 0 Å². The Kier molecular flexibility index (Phi) is 10.3. The van der Waals surface area contributed by atoms with Crippen molar-refractivity contribution >= 4 is 43.6 Å². The van der Waals surface area contributed by atoms with E-state index in [1.807, 2.05) is 12.1 Å². The number of hydrogen-bond donors (Lipinski definition) is 0. The van der Waals surface area contributed by atoms with Crippen molar-refractivity contribution in [2.75, 3.05) is 0 Å². The lowest BCUT2D eigenvalue weighted by molar-refractivity contribution is -0.138. The van der Waals surface area contributed by atoms with Gasteiger partial charge in [0, 0.05) is 38.2 Å². The molecule has 0 fully saturated rings. The van der Waals surface area contributed by atoms with Crippen LogP contribution in [0, 0.1) is 22.7 Å². The molecular weight excluding hydrogens is 939 g/mol. The number of alkyl halides is 12. The third-order valence-corrected chi connectivity index (χ3v) is 11.7. The van der Waals surface area contributed by atoms with Crippen LogP contribution < -0.4 is 0 Å². The number of fused-ring (bicyclic) bond motifs is 6. The van der Waals surface area contributed by atoms with E-state index in [9.17, 15) is 63.2 Å². The molecule has 0 radical (unpaired) electrons. The molecule has 0 amide bonds. The van der Waals surface area contributed by atoms with E-state index in [1.54, 1.807) is 30.3 Å². The Balaban J connectivity index is 1.31. The summed E-state index contributed by atoms with van der Waals surface area (Å²) in [6, 6.07) is 30.3. The summed E-state index contributed by atoms with van der Waals surface area (Å²) in [5.74, 6) is -0.657. The molecule has 7 aromatic carbocycles. The number of nitriles is 2. The first-order valence-corrected chi connectivity index (χ1v) is 20.5. The zero-order chi connectivity index (χ0) is 49.7. The van der Waals surface area contributed by atoms with Gasteiger partial charge in [0.2, 0.25) is 0 Å². The van der Waals surface area contributed by atoms with E-state index in [-0.39, 0.29) is 94.7 Å². The molecule has 0 saturated carbocycles. The van der Waals surface area contributed by atoms with Crippen molar-refractivity contribution in [1.82, 2.24) is 24.1 Å². The molecule has 7 nitrogen and oxygen atoms in total. The Bertz CT molecular complexity index is 3500. The smallest absolute Gasteiger partial charge is 0.308 e. The summed E-state index contributed by atoms with van der Waals surface area (Å²) in [4.78, 5) is 14.2. The van der Waals surface area contributed by atoms with E-state index < -0.39 is 47.0 Å². The maximum atomic E-state index is 14.4. The van der Waals surface area contributed by atoms with Crippen molar-refractivity contribution < 1.29 is 52.7 Å². The zero-order valence-corrected chi connectivity index (χ0v) is 34.9. The number of hydrogen-bond acceptors (Lipinski definition) is 5. The molecule has 0 saturated heterocycles. The monoisotopic (exact) mass is 961 g/mol. The number of aromatic nitrogens is 5. The molecule has 3 heterocycles. The molecule has 346 valence electrons. The predicted molar refractivity (Wildman–Crippen MR) is 234 cm³/mol. The Hall–Kier alpha value is -8.71. The van der Waals surface area contributed by atoms with Gasteiger partial charge in [-0.1, -0.05) is 54.6 Å². The molecular formula is C51H23F12N7. The first-order valence-electron chi connectivity index (χ1n) is 20.5. The van der Waals surface area contributed by atoms with Gasteiger partial charge in [0.1, 0.15) is 0 Å². The van der Waals surface area contributed by atoms with Crippen LogP contribution in [0.1, 0.15) is 33.4 Å². The fourth-order valence-corrected chi connectivity index (χ4v) is 8.55. The molecule has 0 N–H and O–H groups in total. The highest BCUT2D eigenvalue weighted by molar-refractivity contribution is 6.11. The third-order valence-electron chi connectivity index (χ3n) is 11.7. The third kappa shape index (κ3) is 7.74. The number of halogens is 12. The Morgan fingerprint density at radius 1 is 0.357 bits per heavy atom. The van der Waals surface area contributed by atoms with Gasteiger partial charge < -0.3 is 9.13 Å². The minimum Gasteiger partial charge on any atom is -0.308 e. The first-order chi connectivity index (χ1) is 33.1. The Labute approximate surface area is 385 Å². The Morgan fingerprint density at radius 2 is 0.671 bits per heavy atom. The lowest BCUT2D eigenvalue weighted by Crippen LogP contribution is -2.08. The molecule has 0 aliphatic carbocycles. The Morgan fingerprint density at radius 3 is 0.971 bits per heavy atom. The quantitative estimate of drug-likeness (QED) is 0.160. The van der Waals surface area contributed by atoms with Crippen LogP contribution in [0.5, 0.6) is 0 Å². The van der Waals surface area contributed by atoms with E-state index in [4.69, 9.17) is 15.0 Å². The van der Waals surface area contributed by atoms with Crippen LogP contribution in [0.3, 0.4) is 0 Å². The molecule has 0 atom stereocenters. The van der Waals surface area contributed by atoms with E-state index in [0.717, 1.165) is 81.9 Å². The van der Waals surface area contributed by atoms with E-state index in [1.165, 1.54) is 36.4 Å². The van der Waals surface area contributed by atoms with Crippen molar-refractivity contribution in [3.63, 3.8) is 0 Å². The minimum absolute atomic E-state index is 0.0647. The molecule has 0 bridgehead atoms. The van der Waals surface area contributed by atoms with Crippen LogP contribution in [-0.4, -0.2) is 24.1 Å². The summed E-state index contributed by atoms with van der Waals surface area (Å²) in [5.41, 5.74) is -5.70. The average molecular weight is 962 g/mol. The molecule has 10 aromatic rings. The van der Waals surface area contributed by atoms with Gasteiger partial charge in [-0.2, -0.15) is 63.2 Å². The van der Waals surface area contributed by atoms with Crippen LogP contribution in [0.25, 0.3) is 89.2 Å². The highest BCUT2D eigenvalue weighted by Crippen LogP contribution is 2.44. The number of rotatable bonds is 5. The maximum absolute atomic E-state index is 14.4. The van der Waals surface area contributed by atoms with E-state index in [0.29, 0.717) is 5.56 Å². The molecule has 70 heavy (non-hydrogen) atoms. The van der Waals surface area contributed by atoms with Gasteiger partial charge in [-0.25, -0.2) is 15.0 Å². The summed E-state index contributed by atoms with van der Waals surface area (Å²) < 4.78 is 174. The normalized spacial score (nSPS) is 12.5. The van der Waals surface area contributed by atoms with Crippen LogP contribution in [-0.2, 0) is 24.7 Å². The topological polar surface area (TPSA) is 96.1 Å². The molecule has 10 rings (SSSR count). The highest BCUT2D eigenvalue weighted by Gasteiger charge is 2.36. The SMILES string of the molecule is N#Cc1ccc(-c2nc(-c3ccccc3)nc(-c3ccc(C#N)cc3-n3c4cc(C(F)(F)F)ccc4c4ccc(C(F)(F)F)cc43)n2)c(-n2c3cc(C(F)(F)F)ccc3c3ccc(C(F)(F)F)cc32)c1. The summed E-state index contributed by atoms with van der Waals surface area (Å²) in [5, 5.41) is 20.7. The van der Waals surface area contributed by atoms with Gasteiger partial charge in [-0.15, -0.1) is 0 Å². The number of benzene rings is 7. The molecule has 3 aromatic heterocycles. The van der Waals surface area contributed by atoms with Gasteiger partial charge in [-0.3, -0.25) is 0 Å². The fraction of sp³-hybridized carbons (Fsp3) is 0.0784. The van der Waals surface area contributed by atoms with Crippen LogP contribution in [0.15, 0.2) is 140 Å². The summed E-state index contributed by atoms with van der Waals surface area (Å²) in [7, 11) is 0. The second-order valence-corrected chi connectivity index (χ2v) is 15.9. The van der Waals surface area contributed by atoms with Crippen LogP contribution in [0.4, 0.5) is 52.7 Å². The second-order valence-electron chi connectivity index (χ2n) is 15.9. The minimum atomic E-state index is -4.91. The highest BCUT2D eigenvalue weighted by atomic mass is 19.4. The standard InChI is InChI=1S/C51H23F12N7/c52-48(53,54)29-8-14-33-34-15-9-30(49(55,56)57)21-42(34)69(41(33)20-29)39-18-26(24-64)6-12-37(39)46-66-45(28-4-2-1-3-5-28)67-47(68-46)38-13-7-27(25-65)19-40(38)70-43-22-31(50(58,59)60)10-16-35(43)36-17-11-32(23-44(36)70)51(61,62)63/h1-23H. The molecule has 0 spiro atoms. The van der Waals surface area contributed by atoms with E-state index >= 15 is 0 Å². The van der Waals surface area contributed by atoms with Gasteiger partial charge in [-0.05, 0) is 84.9 Å². The van der Waals surface area contributed by atoms with Gasteiger partial charge in [0.15, 0.2) is 17.5 Å². The van der Waals surface area contributed by atoms with Crippen LogP contribution >= 0.6 is 0 Å². The van der Waals surface area contributed by atoms with Crippen molar-refractivity contribution in [2.45, 2.75) is 24.7 Å². The van der Waals surface area contributed by atoms with Gasteiger partial charge >= 0.3 is 24.7 Å². The van der Waals surface area contributed by atoms with Gasteiger partial charge in [0.25, 0.3) is 0 Å². The average Bonchev–Trinajstić information content (AvgIpc) is 3.84. The second kappa shape index (κ2) is 15.9. The summed E-state index contributed by atoms with van der Waals surface area (Å²) >= 11 is 0. The van der Waals surface area contributed by atoms with Crippen LogP contribution in [0.2, 0.25) is 0 Å². The largest absolute Gasteiger partial charge is 0.416 e. The fourth-order valence-electron chi connectivity index (χ4n) is 8.55. The molecule has 19 heteroatoms. The maximum Gasteiger partial charge on any atom is 0.416 e. The lowest BCUT2D eigenvalue weighted by Gasteiger charge is -2.18. The van der Waals surface area contributed by atoms with Crippen molar-refractivity contribution in [2.24, 2.45) is 0 Å². The number of nitrogens with zero attached hydrogens (tertiary/aromatic N) is 7. The molecule has 0 aliphatic heterocycles. The first kappa shape index (κ1) is 45.1. The van der Waals surface area contributed by atoms with Gasteiger partial charge in [0.05, 0.1) is 79.0 Å². The molecule has 0 aliphatic rings. The lowest BCUT2D eigenvalue weighted by atomic mass is 10.1. The van der Waals surface area contributed by atoms with Crippen molar-refractivity contribution in [1.29, 1.82) is 10.5 Å².